The third-order valence-corrected chi connectivity index (χ3v) is 18.8. The molecule has 0 aromatic heterocycles. The molecule has 3 saturated heterocycles. The number of carbonyl (C=O) groups is 9. The average molecular weight is 1820 g/mol. The van der Waals surface area contributed by atoms with Crippen LogP contribution in [0.3, 0.4) is 0 Å². The van der Waals surface area contributed by atoms with Gasteiger partial charge in [0.2, 0.25) is 0 Å². The second-order valence-corrected chi connectivity index (χ2v) is 36.0. The van der Waals surface area contributed by atoms with E-state index in [1.807, 2.05) is 182 Å². The van der Waals surface area contributed by atoms with Gasteiger partial charge in [-0.2, -0.15) is 0 Å². The van der Waals surface area contributed by atoms with Crippen molar-refractivity contribution in [2.75, 3.05) is 160 Å². The first kappa shape index (κ1) is 128. The molecule has 4 aliphatic heterocycles. The van der Waals surface area contributed by atoms with Crippen LogP contribution in [0.5, 0.6) is 0 Å². The van der Waals surface area contributed by atoms with Crippen LogP contribution in [0.2, 0.25) is 0 Å². The lowest BCUT2D eigenvalue weighted by Crippen LogP contribution is -2.44. The van der Waals surface area contributed by atoms with Gasteiger partial charge in [0.25, 0.3) is 0 Å². The molecular formula is C100H189N9O19. The maximum Gasteiger partial charge on any atom is 0.409 e. The Morgan fingerprint density at radius 2 is 0.695 bits per heavy atom. The number of unbranched alkanes of at least 4 members (excludes halogenated alkanes) is 3. The van der Waals surface area contributed by atoms with Gasteiger partial charge in [0.15, 0.2) is 0 Å². The number of rotatable bonds is 49. The summed E-state index contributed by atoms with van der Waals surface area (Å²) in [6.45, 7) is 55.9. The Morgan fingerprint density at radius 1 is 0.352 bits per heavy atom. The molecule has 128 heavy (non-hydrogen) atoms. The Bertz CT molecular complexity index is 2930. The molecule has 5 rings (SSSR count). The highest BCUT2D eigenvalue weighted by atomic mass is 16.6. The minimum atomic E-state index is -0.253. The van der Waals surface area contributed by atoms with Crippen LogP contribution < -0.4 is 0 Å². The summed E-state index contributed by atoms with van der Waals surface area (Å²) in [6.07, 6.45) is 30.2. The summed E-state index contributed by atoms with van der Waals surface area (Å²) >= 11 is 0. The predicted molar refractivity (Wildman–Crippen MR) is 519 cm³/mol. The highest BCUT2D eigenvalue weighted by Crippen LogP contribution is 2.16. The molecule has 4 aliphatic rings. The number of aliphatic hydroxyl groups is 1. The maximum atomic E-state index is 11.3. The van der Waals surface area contributed by atoms with Crippen LogP contribution in [-0.4, -0.2) is 319 Å². The van der Waals surface area contributed by atoms with Crippen molar-refractivity contribution < 1.29 is 90.9 Å². The second kappa shape index (κ2) is 85.8. The number of amides is 1. The molecule has 4 heterocycles. The van der Waals surface area contributed by atoms with E-state index in [2.05, 4.69) is 73.5 Å². The quantitative estimate of drug-likeness (QED) is 0.0360. The van der Waals surface area contributed by atoms with Crippen LogP contribution in [0.1, 0.15) is 324 Å². The fourth-order valence-electron chi connectivity index (χ4n) is 12.6. The van der Waals surface area contributed by atoms with Crippen LogP contribution in [0, 0.1) is 0 Å². The maximum absolute atomic E-state index is 11.3. The van der Waals surface area contributed by atoms with Gasteiger partial charge in [-0.25, -0.2) is 4.79 Å². The molecule has 0 unspecified atom stereocenters. The number of aliphatic imine (C=N–C) groups is 1. The fourth-order valence-corrected chi connectivity index (χ4v) is 12.6. The van der Waals surface area contributed by atoms with Crippen LogP contribution in [0.4, 0.5) is 4.79 Å². The number of hydrogen-bond donors (Lipinski definition) is 1. The first-order valence-corrected chi connectivity index (χ1v) is 48.7. The van der Waals surface area contributed by atoms with Crippen LogP contribution in [-0.2, 0) is 87.4 Å². The van der Waals surface area contributed by atoms with Crippen molar-refractivity contribution in [2.45, 2.75) is 380 Å². The molecule has 28 heteroatoms. The molecular weight excluding hydrogens is 1630 g/mol. The molecule has 0 radical (unpaired) electrons. The molecule has 3 fully saturated rings. The number of esters is 8. The van der Waals surface area contributed by atoms with Gasteiger partial charge in [0.05, 0.1) is 61.5 Å². The number of piperazine rings is 1. The number of carbonyl (C=O) groups excluding carboxylic acids is 9. The van der Waals surface area contributed by atoms with Crippen LogP contribution in [0.15, 0.2) is 47.1 Å². The number of benzene rings is 1. The summed E-state index contributed by atoms with van der Waals surface area (Å²) < 4.78 is 45.3. The molecule has 0 saturated carbocycles. The molecule has 0 bridgehead atoms. The van der Waals surface area contributed by atoms with Crippen molar-refractivity contribution in [3.05, 3.63) is 47.7 Å². The van der Waals surface area contributed by atoms with Crippen molar-refractivity contribution in [1.82, 2.24) is 39.2 Å². The van der Waals surface area contributed by atoms with Gasteiger partial charge in [-0.15, -0.1) is 0 Å². The van der Waals surface area contributed by atoms with Gasteiger partial charge < -0.3 is 86.9 Å². The number of nitrogens with zero attached hydrogens (tertiary/aromatic N) is 9. The third kappa shape index (κ3) is 94.0. The molecule has 0 spiro atoms. The molecule has 1 N–H and O–H groups in total. The minimum absolute atomic E-state index is 0.00535. The lowest BCUT2D eigenvalue weighted by molar-refractivity contribution is -0.148. The second-order valence-electron chi connectivity index (χ2n) is 36.0. The Kier molecular flexibility index (Phi) is 85.5. The standard InChI is InChI=1S/C13H27NO3.C13H25NO2.C13H18O2.C12H24N2O2.C12H23NO2.C11H17NO2.C9H20N2O2.C9H19NO2.C8H16O2/c1-4-8-14(10-11-15)9-6-5-7-13(16)17-12(2)3;1-12(2)16-13(15)8-4-7-11-14-9-5-3-6-10-14;1-11(2)15-13(14)10-6-9-12-7-4-3-5-8-12;1-11(2)16-12(15)5-4-6-14-9-7-13(3)8-10-14;1-11(2)15-12(14)7-6-10-13-8-4-3-5-9-13;1-9(2)14-11(13)7-3-5-10-6-4-8-12-10;1-8(2)13-9(12)11(5)7-6-10(3)4;1-8(2)12-9(11)6-5-7-10(3)4;1-4-5-6-8(9)10-7(2)3/h12,15H,4-11H2,1-3H3;12H,3-11H2,1-2H3;3-5,7-8,11H,6,9-10H2,1-2H3;11H,4-10H2,1-3H3;11H,3-10H2,1-2H3;6,8-9H,3-5,7H2,1-2H3;8H,6-7H2,1-5H3;8H,5-7H2,1-4H3;7H,4-6H2,1-3H3. The molecule has 1 aromatic rings. The van der Waals surface area contributed by atoms with Gasteiger partial charge in [-0.3, -0.25) is 43.3 Å². The fraction of sp³-hybridized carbons (Fsp3) is 0.820. The van der Waals surface area contributed by atoms with Crippen LogP contribution in [0.25, 0.3) is 0 Å². The molecule has 0 atom stereocenters. The predicted octanol–water partition coefficient (Wildman–Crippen LogP) is 17.4. The largest absolute Gasteiger partial charge is 0.463 e. The summed E-state index contributed by atoms with van der Waals surface area (Å²) in [5.41, 5.74) is 2.37. The summed E-state index contributed by atoms with van der Waals surface area (Å²) in [7, 11) is 11.8. The Balaban J connectivity index is -0.000000678. The number of allylic oxidation sites excluding steroid dienone is 2. The SMILES string of the molecule is CC(C)OC(=O)CCCC1=CCC=N1.CC(C)OC(=O)CCCCN1CCCCC1.CC(C)OC(=O)CCCN(C)C.CC(C)OC(=O)CCCN1CCCCC1.CC(C)OC(=O)CCCN1CCN(C)CC1.CC(C)OC(=O)CCCc1ccccc1.CC(C)OC(=O)N(C)CCN(C)C.CCCCC(=O)OC(C)C.CCCN(CCO)CCCCC(=O)OC(C)C. The van der Waals surface area contributed by atoms with Crippen molar-refractivity contribution in [1.29, 1.82) is 0 Å². The van der Waals surface area contributed by atoms with E-state index in [0.717, 1.165) is 181 Å². The number of aryl methyl sites for hydroxylation is 1. The van der Waals surface area contributed by atoms with E-state index in [4.69, 9.17) is 47.7 Å². The Morgan fingerprint density at radius 3 is 1.05 bits per heavy atom. The van der Waals surface area contributed by atoms with E-state index < -0.39 is 0 Å². The van der Waals surface area contributed by atoms with Crippen molar-refractivity contribution in [3.63, 3.8) is 0 Å². The molecule has 0 aliphatic carbocycles. The third-order valence-electron chi connectivity index (χ3n) is 18.8. The molecule has 1 aromatic carbocycles. The smallest absolute Gasteiger partial charge is 0.409 e. The first-order valence-electron chi connectivity index (χ1n) is 48.7. The van der Waals surface area contributed by atoms with E-state index in [9.17, 15) is 43.2 Å². The highest BCUT2D eigenvalue weighted by Gasteiger charge is 2.18. The number of hydrogen-bond acceptors (Lipinski definition) is 27. The van der Waals surface area contributed by atoms with Crippen molar-refractivity contribution >= 4 is 60.1 Å². The van der Waals surface area contributed by atoms with E-state index in [-0.39, 0.29) is 115 Å². The normalized spacial score (nSPS) is 13.9. The lowest BCUT2D eigenvalue weighted by Gasteiger charge is -2.32. The van der Waals surface area contributed by atoms with Crippen molar-refractivity contribution in [2.24, 2.45) is 4.99 Å². The minimum Gasteiger partial charge on any atom is -0.463 e. The number of ether oxygens (including phenoxy) is 9. The Hall–Kier alpha value is -6.66. The van der Waals surface area contributed by atoms with Gasteiger partial charge >= 0.3 is 53.8 Å². The van der Waals surface area contributed by atoms with Crippen LogP contribution >= 0.6 is 0 Å². The highest BCUT2D eigenvalue weighted by molar-refractivity contribution is 5.72. The Labute approximate surface area is 778 Å². The molecule has 28 nitrogen and oxygen atoms in total. The number of likely N-dealkylation sites (N-methyl/N-ethyl adjacent to an activating group) is 3. The topological polar surface area (TPSA) is 295 Å². The zero-order chi connectivity index (χ0) is 97.4. The van der Waals surface area contributed by atoms with E-state index >= 15 is 0 Å². The van der Waals surface area contributed by atoms with E-state index in [1.165, 1.54) is 70.3 Å². The van der Waals surface area contributed by atoms with E-state index in [1.54, 1.807) is 11.9 Å². The zero-order valence-electron chi connectivity index (χ0n) is 85.8. The summed E-state index contributed by atoms with van der Waals surface area (Å²) in [6, 6.07) is 10.2. The summed E-state index contributed by atoms with van der Waals surface area (Å²) in [5.74, 6) is -0.642. The van der Waals surface area contributed by atoms with Gasteiger partial charge in [-0.05, 0) is 340 Å². The number of likely N-dealkylation sites (tertiary alicyclic amines) is 2. The zero-order valence-corrected chi connectivity index (χ0v) is 85.8. The molecule has 1 amide bonds. The van der Waals surface area contributed by atoms with Gasteiger partial charge in [0.1, 0.15) is 0 Å². The lowest BCUT2D eigenvalue weighted by atomic mass is 10.1. The van der Waals surface area contributed by atoms with Crippen molar-refractivity contribution in [3.8, 4) is 0 Å². The van der Waals surface area contributed by atoms with Gasteiger partial charge in [0, 0.05) is 123 Å². The average Bonchev–Trinajstić information content (AvgIpc) is 1.16. The summed E-state index contributed by atoms with van der Waals surface area (Å²) in [5, 5.41) is 8.89. The monoisotopic (exact) mass is 1820 g/mol. The van der Waals surface area contributed by atoms with Gasteiger partial charge in [-0.1, -0.05) is 69.5 Å². The molecule has 748 valence electrons. The summed E-state index contributed by atoms with van der Waals surface area (Å²) in [4.78, 5) is 122. The van der Waals surface area contributed by atoms with E-state index in [0.29, 0.717) is 57.9 Å². The number of aliphatic hydroxyl groups excluding tert-OH is 1. The first-order chi connectivity index (χ1) is 60.5. The number of piperidine rings is 2.